The van der Waals surface area contributed by atoms with E-state index in [0.29, 0.717) is 18.8 Å². The number of fused-ring (bicyclic) bond motifs is 1. The van der Waals surface area contributed by atoms with Crippen LogP contribution < -0.4 is 14.2 Å². The molecule has 0 bridgehead atoms. The van der Waals surface area contributed by atoms with E-state index < -0.39 is 10.8 Å². The first-order valence-corrected chi connectivity index (χ1v) is 19.0. The maximum absolute atomic E-state index is 14.4. The van der Waals surface area contributed by atoms with E-state index in [-0.39, 0.29) is 24.5 Å². The van der Waals surface area contributed by atoms with E-state index in [4.69, 9.17) is 19.0 Å². The molecule has 8 nitrogen and oxygen atoms in total. The molecular weight excluding hydrogens is 709 g/mol. The number of oxime groups is 1. The summed E-state index contributed by atoms with van der Waals surface area (Å²) in [5.41, 5.74) is 6.14. The minimum atomic E-state index is -1.14. The molecule has 8 rings (SSSR count). The lowest BCUT2D eigenvalue weighted by Gasteiger charge is -2.42. The van der Waals surface area contributed by atoms with Crippen molar-refractivity contribution in [2.75, 3.05) is 20.0 Å². The summed E-state index contributed by atoms with van der Waals surface area (Å²) in [7, 11) is 0. The monoisotopic (exact) mass is 746 g/mol. The number of ether oxygens (including phenoxy) is 3. The van der Waals surface area contributed by atoms with Gasteiger partial charge in [-0.05, 0) is 76.6 Å². The molecule has 2 heterocycles. The zero-order valence-corrected chi connectivity index (χ0v) is 31.0. The van der Waals surface area contributed by atoms with E-state index in [9.17, 15) is 9.59 Å². The third-order valence-electron chi connectivity index (χ3n) is 9.83. The number of hydrogen-bond donors (Lipinski definition) is 0. The topological polar surface area (TPSA) is 86.7 Å². The van der Waals surface area contributed by atoms with Gasteiger partial charge in [-0.15, -0.1) is 0 Å². The Morgan fingerprint density at radius 2 is 1.29 bits per heavy atom. The van der Waals surface area contributed by atoms with E-state index in [2.05, 4.69) is 5.16 Å². The second kappa shape index (κ2) is 16.0. The summed E-state index contributed by atoms with van der Waals surface area (Å²) >= 11 is 1.08. The molecule has 0 spiro atoms. The normalized spacial score (nSPS) is 15.3. The summed E-state index contributed by atoms with van der Waals surface area (Å²) in [6.45, 7) is 2.73. The fourth-order valence-corrected chi connectivity index (χ4v) is 8.18. The third-order valence-corrected chi connectivity index (χ3v) is 10.9. The van der Waals surface area contributed by atoms with Crippen molar-refractivity contribution in [1.82, 2.24) is 4.90 Å². The van der Waals surface area contributed by atoms with E-state index >= 15 is 0 Å². The van der Waals surface area contributed by atoms with Crippen molar-refractivity contribution in [1.29, 1.82) is 0 Å². The third kappa shape index (κ3) is 7.31. The molecule has 9 heteroatoms. The molecule has 0 saturated carbocycles. The Kier molecular flexibility index (Phi) is 10.4. The summed E-state index contributed by atoms with van der Waals surface area (Å²) in [6, 6.07) is 51.0. The number of thioether (sulfide) groups is 1. The highest BCUT2D eigenvalue weighted by Gasteiger charge is 2.54. The van der Waals surface area contributed by atoms with Gasteiger partial charge in [0.05, 0.1) is 11.0 Å². The second-order valence-electron chi connectivity index (χ2n) is 13.2. The average Bonchev–Trinajstić information content (AvgIpc) is 3.82. The Balaban J connectivity index is 0.888. The molecule has 6 aromatic carbocycles. The molecule has 1 atom stereocenters. The van der Waals surface area contributed by atoms with Crippen LogP contribution in [0.4, 0.5) is 4.79 Å². The van der Waals surface area contributed by atoms with Crippen molar-refractivity contribution >= 4 is 28.6 Å². The van der Waals surface area contributed by atoms with Gasteiger partial charge in [-0.3, -0.25) is 14.5 Å². The van der Waals surface area contributed by atoms with Crippen LogP contribution >= 0.6 is 11.8 Å². The molecule has 55 heavy (non-hydrogen) atoms. The Morgan fingerprint density at radius 3 is 1.91 bits per heavy atom. The number of nitrogens with zero attached hydrogens (tertiary/aromatic N) is 2. The lowest BCUT2D eigenvalue weighted by atomic mass is 9.75. The SMILES string of the molecule is C/C(=N/OCCOc1ccc(CC2SC(=O)N(C(c3ccccc3)(c3ccccc3)c3ccccc3)C2=O)cc1)c1ccc(-c2ccc3c(c2)OCO3)cc1. The van der Waals surface area contributed by atoms with Crippen molar-refractivity contribution in [3.8, 4) is 28.4 Å². The maximum Gasteiger partial charge on any atom is 0.290 e. The van der Waals surface area contributed by atoms with Crippen molar-refractivity contribution in [3.05, 3.63) is 186 Å². The molecule has 0 radical (unpaired) electrons. The van der Waals surface area contributed by atoms with Crippen molar-refractivity contribution in [2.24, 2.45) is 5.16 Å². The number of carbonyl (C=O) groups excluding carboxylic acids is 2. The fourth-order valence-electron chi connectivity index (χ4n) is 7.12. The zero-order chi connectivity index (χ0) is 37.6. The number of rotatable bonds is 13. The van der Waals surface area contributed by atoms with E-state index in [1.807, 2.05) is 165 Å². The molecular formula is C46H38N2O6S. The van der Waals surface area contributed by atoms with Crippen LogP contribution in [-0.4, -0.2) is 47.0 Å². The van der Waals surface area contributed by atoms with E-state index in [0.717, 1.165) is 67.9 Å². The van der Waals surface area contributed by atoms with Crippen LogP contribution in [0.1, 0.15) is 34.7 Å². The molecule has 2 amide bonds. The van der Waals surface area contributed by atoms with Crippen molar-refractivity contribution < 1.29 is 28.6 Å². The molecule has 2 aliphatic heterocycles. The molecule has 274 valence electrons. The highest BCUT2D eigenvalue weighted by Crippen LogP contribution is 2.48. The van der Waals surface area contributed by atoms with Crippen LogP contribution in [0.5, 0.6) is 17.2 Å². The first-order valence-electron chi connectivity index (χ1n) is 18.1. The number of benzene rings is 6. The molecule has 0 aliphatic carbocycles. The van der Waals surface area contributed by atoms with Gasteiger partial charge in [0.15, 0.2) is 18.1 Å². The van der Waals surface area contributed by atoms with Crippen LogP contribution in [0.25, 0.3) is 11.1 Å². The van der Waals surface area contributed by atoms with E-state index in [1.54, 1.807) is 0 Å². The first kappa shape index (κ1) is 35.7. The van der Waals surface area contributed by atoms with Gasteiger partial charge in [0.2, 0.25) is 12.7 Å². The lowest BCUT2D eigenvalue weighted by Crippen LogP contribution is -2.51. The minimum absolute atomic E-state index is 0.222. The average molecular weight is 747 g/mol. The van der Waals surface area contributed by atoms with Crippen LogP contribution in [-0.2, 0) is 21.6 Å². The van der Waals surface area contributed by atoms with Gasteiger partial charge >= 0.3 is 0 Å². The standard InChI is InChI=1S/C46H38N2O6S/c1-32(34-19-21-35(22-20-34)36-23-26-41-42(30-36)53-31-52-41)47-54-28-27-51-40-24-17-33(18-25-40)29-43-44(49)48(45(50)55-43)46(37-11-5-2-6-12-37,38-13-7-3-8-14-38)39-15-9-4-10-16-39/h2-26,30,43H,27-29,31H2,1H3/b47-32-. The number of carbonyl (C=O) groups is 2. The van der Waals surface area contributed by atoms with Gasteiger partial charge in [0, 0.05) is 0 Å². The molecule has 0 aromatic heterocycles. The fraction of sp³-hybridized carbons (Fsp3) is 0.152. The molecule has 1 saturated heterocycles. The smallest absolute Gasteiger partial charge is 0.290 e. The Labute approximate surface area is 324 Å². The molecule has 0 N–H and O–H groups in total. The Bertz CT molecular complexity index is 2200. The number of hydrogen-bond acceptors (Lipinski definition) is 8. The lowest BCUT2D eigenvalue weighted by molar-refractivity contribution is -0.129. The molecule has 6 aromatic rings. The number of imide groups is 1. The van der Waals surface area contributed by atoms with Gasteiger partial charge in [0.25, 0.3) is 5.24 Å². The van der Waals surface area contributed by atoms with Crippen LogP contribution in [0.3, 0.4) is 0 Å². The second-order valence-corrected chi connectivity index (χ2v) is 14.4. The van der Waals surface area contributed by atoms with Crippen LogP contribution in [0.2, 0.25) is 0 Å². The predicted molar refractivity (Wildman–Crippen MR) is 215 cm³/mol. The zero-order valence-electron chi connectivity index (χ0n) is 30.2. The largest absolute Gasteiger partial charge is 0.490 e. The van der Waals surface area contributed by atoms with Gasteiger partial charge in [-0.2, -0.15) is 0 Å². The highest BCUT2D eigenvalue weighted by molar-refractivity contribution is 8.15. The van der Waals surface area contributed by atoms with Gasteiger partial charge in [-0.1, -0.05) is 150 Å². The maximum atomic E-state index is 14.4. The molecule has 2 aliphatic rings. The molecule has 1 unspecified atom stereocenters. The predicted octanol–water partition coefficient (Wildman–Crippen LogP) is 9.50. The summed E-state index contributed by atoms with van der Waals surface area (Å²) in [5, 5.41) is 3.42. The quantitative estimate of drug-likeness (QED) is 0.0504. The number of amides is 2. The highest BCUT2D eigenvalue weighted by atomic mass is 32.2. The first-order chi connectivity index (χ1) is 27.0. The van der Waals surface area contributed by atoms with Crippen LogP contribution in [0.15, 0.2) is 163 Å². The molecule has 1 fully saturated rings. The summed E-state index contributed by atoms with van der Waals surface area (Å²) in [5.74, 6) is 1.97. The summed E-state index contributed by atoms with van der Waals surface area (Å²) in [6.07, 6.45) is 0.398. The Hall–Kier alpha value is -6.32. The van der Waals surface area contributed by atoms with E-state index in [1.165, 1.54) is 4.90 Å². The minimum Gasteiger partial charge on any atom is -0.490 e. The van der Waals surface area contributed by atoms with Gasteiger partial charge < -0.3 is 19.0 Å². The van der Waals surface area contributed by atoms with Crippen molar-refractivity contribution in [2.45, 2.75) is 24.1 Å². The van der Waals surface area contributed by atoms with Crippen molar-refractivity contribution in [3.63, 3.8) is 0 Å². The summed E-state index contributed by atoms with van der Waals surface area (Å²) < 4.78 is 16.8. The van der Waals surface area contributed by atoms with Crippen LogP contribution in [0, 0.1) is 0 Å². The van der Waals surface area contributed by atoms with Gasteiger partial charge in [-0.25, -0.2) is 0 Å². The van der Waals surface area contributed by atoms with Gasteiger partial charge in [0.1, 0.15) is 17.9 Å². The summed E-state index contributed by atoms with van der Waals surface area (Å²) in [4.78, 5) is 35.5. The Morgan fingerprint density at radius 1 is 0.709 bits per heavy atom.